The number of anilines is 1. The summed E-state index contributed by atoms with van der Waals surface area (Å²) < 4.78 is 5.41. The first-order valence-electron chi connectivity index (χ1n) is 6.29. The summed E-state index contributed by atoms with van der Waals surface area (Å²) in [6.45, 7) is 0.736. The van der Waals surface area contributed by atoms with Crippen LogP contribution in [-0.4, -0.2) is 12.9 Å². The minimum atomic E-state index is 0.0689. The number of nitriles is 1. The topological polar surface area (TPSA) is 45.0 Å². The molecule has 0 saturated carbocycles. The van der Waals surface area contributed by atoms with E-state index in [2.05, 4.69) is 35.8 Å². The van der Waals surface area contributed by atoms with Gasteiger partial charge in [0.2, 0.25) is 0 Å². The number of hydrogen-bond donors (Lipinski definition) is 1. The first-order chi connectivity index (χ1) is 9.83. The maximum atomic E-state index is 8.58. The van der Waals surface area contributed by atoms with E-state index in [0.717, 1.165) is 17.0 Å². The van der Waals surface area contributed by atoms with Crippen molar-refractivity contribution in [1.29, 1.82) is 5.26 Å². The van der Waals surface area contributed by atoms with E-state index in [1.165, 1.54) is 4.90 Å². The van der Waals surface area contributed by atoms with E-state index in [1.807, 2.05) is 30.3 Å². The van der Waals surface area contributed by atoms with Crippen LogP contribution in [-0.2, 0) is 6.54 Å². The molecule has 0 saturated heterocycles. The first-order valence-corrected chi connectivity index (χ1v) is 7.51. The molecule has 0 atom stereocenters. The van der Waals surface area contributed by atoms with Gasteiger partial charge in [-0.3, -0.25) is 0 Å². The zero-order chi connectivity index (χ0) is 14.2. The Labute approximate surface area is 123 Å². The third-order valence-corrected chi connectivity index (χ3v) is 3.58. The Kier molecular flexibility index (Phi) is 5.33. The van der Waals surface area contributed by atoms with Gasteiger partial charge < -0.3 is 10.1 Å². The predicted octanol–water partition coefficient (Wildman–Crippen LogP) is 3.92. The average Bonchev–Trinajstić information content (AvgIpc) is 2.52. The summed E-state index contributed by atoms with van der Waals surface area (Å²) in [4.78, 5) is 1.24. The molecule has 1 N–H and O–H groups in total. The second-order valence-corrected chi connectivity index (χ2v) is 5.02. The van der Waals surface area contributed by atoms with Gasteiger partial charge in [0, 0.05) is 22.7 Å². The molecule has 0 heterocycles. The Morgan fingerprint density at radius 1 is 1.15 bits per heavy atom. The van der Waals surface area contributed by atoms with Crippen molar-refractivity contribution in [2.45, 2.75) is 11.4 Å². The Bertz CT molecular complexity index is 590. The largest absolute Gasteiger partial charge is 0.478 e. The third-order valence-electron chi connectivity index (χ3n) is 2.84. The lowest BCUT2D eigenvalue weighted by molar-refractivity contribution is 0.364. The fraction of sp³-hybridized carbons (Fsp3) is 0.188. The van der Waals surface area contributed by atoms with Crippen LogP contribution in [0.3, 0.4) is 0 Å². The molecule has 2 aromatic carbocycles. The van der Waals surface area contributed by atoms with Crippen LogP contribution < -0.4 is 10.1 Å². The Balaban J connectivity index is 2.01. The summed E-state index contributed by atoms with van der Waals surface area (Å²) in [5.41, 5.74) is 2.11. The van der Waals surface area contributed by atoms with Crippen molar-refractivity contribution in [3.05, 3.63) is 54.1 Å². The lowest BCUT2D eigenvalue weighted by atomic mass is 10.2. The number of ether oxygens (including phenoxy) is 1. The lowest BCUT2D eigenvalue weighted by Gasteiger charge is -2.11. The standard InChI is InChI=1S/C16H16N2OS/c1-20-15-8-6-14(7-9-15)18-12-13-4-2-3-5-16(13)19-11-10-17/h2-9,18H,11-12H2,1H3. The second kappa shape index (κ2) is 7.46. The van der Waals surface area contributed by atoms with E-state index < -0.39 is 0 Å². The number of hydrogen-bond acceptors (Lipinski definition) is 4. The molecular formula is C16H16N2OS. The number of nitrogens with zero attached hydrogens (tertiary/aromatic N) is 1. The zero-order valence-corrected chi connectivity index (χ0v) is 12.1. The summed E-state index contributed by atoms with van der Waals surface area (Å²) >= 11 is 1.73. The van der Waals surface area contributed by atoms with Gasteiger partial charge in [0.05, 0.1) is 0 Å². The SMILES string of the molecule is CSc1ccc(NCc2ccccc2OCC#N)cc1. The smallest absolute Gasteiger partial charge is 0.174 e. The Morgan fingerprint density at radius 2 is 1.90 bits per heavy atom. The normalized spacial score (nSPS) is 9.80. The van der Waals surface area contributed by atoms with Gasteiger partial charge in [0.1, 0.15) is 11.8 Å². The molecule has 0 aliphatic carbocycles. The van der Waals surface area contributed by atoms with Gasteiger partial charge in [-0.05, 0) is 36.6 Å². The molecule has 102 valence electrons. The number of benzene rings is 2. The van der Waals surface area contributed by atoms with Crippen LogP contribution in [0.1, 0.15) is 5.56 Å². The van der Waals surface area contributed by atoms with Crippen LogP contribution in [0, 0.1) is 11.3 Å². The highest BCUT2D eigenvalue weighted by Crippen LogP contribution is 2.21. The molecule has 0 aromatic heterocycles. The highest BCUT2D eigenvalue weighted by molar-refractivity contribution is 7.98. The van der Waals surface area contributed by atoms with Crippen molar-refractivity contribution in [2.75, 3.05) is 18.2 Å². The van der Waals surface area contributed by atoms with Crippen LogP contribution in [0.2, 0.25) is 0 Å². The van der Waals surface area contributed by atoms with Crippen molar-refractivity contribution in [3.63, 3.8) is 0 Å². The minimum absolute atomic E-state index is 0.0689. The van der Waals surface area contributed by atoms with Crippen molar-refractivity contribution < 1.29 is 4.74 Å². The molecule has 0 aliphatic rings. The number of nitrogens with one attached hydrogen (secondary N) is 1. The van der Waals surface area contributed by atoms with Gasteiger partial charge in [0.25, 0.3) is 0 Å². The number of para-hydroxylation sites is 1. The van der Waals surface area contributed by atoms with Gasteiger partial charge in [-0.15, -0.1) is 11.8 Å². The molecule has 0 aliphatic heterocycles. The highest BCUT2D eigenvalue weighted by Gasteiger charge is 2.02. The fourth-order valence-corrected chi connectivity index (χ4v) is 2.22. The summed E-state index contributed by atoms with van der Waals surface area (Å²) in [5.74, 6) is 0.752. The third kappa shape index (κ3) is 3.94. The molecule has 20 heavy (non-hydrogen) atoms. The molecule has 0 radical (unpaired) electrons. The zero-order valence-electron chi connectivity index (χ0n) is 11.3. The monoisotopic (exact) mass is 284 g/mol. The highest BCUT2D eigenvalue weighted by atomic mass is 32.2. The molecular weight excluding hydrogens is 268 g/mol. The van der Waals surface area contributed by atoms with Gasteiger partial charge in [-0.1, -0.05) is 18.2 Å². The molecule has 4 heteroatoms. The van der Waals surface area contributed by atoms with Crippen LogP contribution >= 0.6 is 11.8 Å². The minimum Gasteiger partial charge on any atom is -0.478 e. The summed E-state index contributed by atoms with van der Waals surface area (Å²) in [7, 11) is 0. The lowest BCUT2D eigenvalue weighted by Crippen LogP contribution is -2.03. The summed E-state index contributed by atoms with van der Waals surface area (Å²) in [5, 5.41) is 11.9. The van der Waals surface area contributed by atoms with Crippen LogP contribution in [0.4, 0.5) is 5.69 Å². The van der Waals surface area contributed by atoms with E-state index in [-0.39, 0.29) is 6.61 Å². The predicted molar refractivity (Wildman–Crippen MR) is 83.1 cm³/mol. The van der Waals surface area contributed by atoms with Crippen molar-refractivity contribution in [1.82, 2.24) is 0 Å². The maximum absolute atomic E-state index is 8.58. The van der Waals surface area contributed by atoms with Gasteiger partial charge in [-0.2, -0.15) is 5.26 Å². The van der Waals surface area contributed by atoms with Gasteiger partial charge in [-0.25, -0.2) is 0 Å². The second-order valence-electron chi connectivity index (χ2n) is 4.14. The Morgan fingerprint density at radius 3 is 2.60 bits per heavy atom. The fourth-order valence-electron chi connectivity index (χ4n) is 1.81. The van der Waals surface area contributed by atoms with Gasteiger partial charge >= 0.3 is 0 Å². The molecule has 0 spiro atoms. The number of rotatable bonds is 6. The van der Waals surface area contributed by atoms with E-state index in [9.17, 15) is 0 Å². The van der Waals surface area contributed by atoms with E-state index >= 15 is 0 Å². The van der Waals surface area contributed by atoms with Crippen molar-refractivity contribution in [2.24, 2.45) is 0 Å². The van der Waals surface area contributed by atoms with Crippen molar-refractivity contribution in [3.8, 4) is 11.8 Å². The van der Waals surface area contributed by atoms with Gasteiger partial charge in [0.15, 0.2) is 6.61 Å². The summed E-state index contributed by atoms with van der Waals surface area (Å²) in [6.07, 6.45) is 2.06. The maximum Gasteiger partial charge on any atom is 0.174 e. The summed E-state index contributed by atoms with van der Waals surface area (Å²) in [6, 6.07) is 18.0. The average molecular weight is 284 g/mol. The van der Waals surface area contributed by atoms with E-state index in [0.29, 0.717) is 6.54 Å². The number of thioether (sulfide) groups is 1. The van der Waals surface area contributed by atoms with Crippen LogP contribution in [0.15, 0.2) is 53.4 Å². The Hall–Kier alpha value is -2.12. The van der Waals surface area contributed by atoms with E-state index in [1.54, 1.807) is 11.8 Å². The first kappa shape index (κ1) is 14.3. The molecule has 0 fully saturated rings. The molecule has 0 bridgehead atoms. The molecule has 0 amide bonds. The van der Waals surface area contributed by atoms with Crippen LogP contribution in [0.5, 0.6) is 5.75 Å². The van der Waals surface area contributed by atoms with E-state index in [4.69, 9.17) is 10.00 Å². The van der Waals surface area contributed by atoms with Crippen LogP contribution in [0.25, 0.3) is 0 Å². The quantitative estimate of drug-likeness (QED) is 0.817. The molecule has 2 rings (SSSR count). The molecule has 2 aromatic rings. The molecule has 0 unspecified atom stereocenters. The van der Waals surface area contributed by atoms with Crippen molar-refractivity contribution >= 4 is 17.4 Å². The molecule has 3 nitrogen and oxygen atoms in total.